The van der Waals surface area contributed by atoms with E-state index in [1.54, 1.807) is 17.0 Å². The van der Waals surface area contributed by atoms with Crippen LogP contribution in [0.25, 0.3) is 11.6 Å². The number of allylic oxidation sites excluding steroid dienone is 1. The zero-order chi connectivity index (χ0) is 13.4. The SMILES string of the molecule is C=Cc1c(C(=C)C)ncn1C1CC(O)C(O)C1O. The first-order valence-electron chi connectivity index (χ1n) is 5.86. The zero-order valence-electron chi connectivity index (χ0n) is 10.3. The summed E-state index contributed by atoms with van der Waals surface area (Å²) < 4.78 is 1.74. The lowest BCUT2D eigenvalue weighted by Gasteiger charge is -2.19. The standard InChI is InChI=1S/C13H18N2O3/c1-4-8-11(7(2)3)14-6-15(8)9-5-10(16)13(18)12(9)17/h4,6,9-10,12-13,16-18H,1-2,5H2,3H3. The summed E-state index contributed by atoms with van der Waals surface area (Å²) in [6, 6.07) is -0.399. The molecule has 5 heteroatoms. The van der Waals surface area contributed by atoms with E-state index >= 15 is 0 Å². The second kappa shape index (κ2) is 4.68. The Morgan fingerprint density at radius 3 is 2.56 bits per heavy atom. The summed E-state index contributed by atoms with van der Waals surface area (Å²) >= 11 is 0. The predicted molar refractivity (Wildman–Crippen MR) is 68.7 cm³/mol. The average molecular weight is 250 g/mol. The molecule has 98 valence electrons. The van der Waals surface area contributed by atoms with Gasteiger partial charge >= 0.3 is 0 Å². The van der Waals surface area contributed by atoms with Gasteiger partial charge in [0.2, 0.25) is 0 Å². The van der Waals surface area contributed by atoms with E-state index in [1.165, 1.54) is 0 Å². The number of nitrogens with zero attached hydrogens (tertiary/aromatic N) is 2. The Labute approximate surface area is 106 Å². The number of aliphatic hydroxyl groups excluding tert-OH is 3. The maximum atomic E-state index is 9.93. The molecule has 0 aromatic carbocycles. The van der Waals surface area contributed by atoms with Crippen LogP contribution in [0.15, 0.2) is 19.5 Å². The molecule has 0 spiro atoms. The lowest BCUT2D eigenvalue weighted by molar-refractivity contribution is -0.0247. The molecule has 1 aliphatic carbocycles. The van der Waals surface area contributed by atoms with Crippen molar-refractivity contribution < 1.29 is 15.3 Å². The van der Waals surface area contributed by atoms with Crippen LogP contribution in [-0.2, 0) is 0 Å². The van der Waals surface area contributed by atoms with E-state index in [9.17, 15) is 15.3 Å². The van der Waals surface area contributed by atoms with E-state index in [1.807, 2.05) is 6.92 Å². The monoisotopic (exact) mass is 250 g/mol. The first-order chi connectivity index (χ1) is 8.47. The van der Waals surface area contributed by atoms with Crippen molar-refractivity contribution in [1.82, 2.24) is 9.55 Å². The van der Waals surface area contributed by atoms with E-state index in [0.29, 0.717) is 5.69 Å². The van der Waals surface area contributed by atoms with Crippen molar-refractivity contribution in [2.24, 2.45) is 0 Å². The van der Waals surface area contributed by atoms with Gasteiger partial charge in [0, 0.05) is 0 Å². The third-order valence-electron chi connectivity index (χ3n) is 3.41. The van der Waals surface area contributed by atoms with Crippen molar-refractivity contribution in [1.29, 1.82) is 0 Å². The van der Waals surface area contributed by atoms with Gasteiger partial charge in [-0.15, -0.1) is 0 Å². The van der Waals surface area contributed by atoms with Crippen LogP contribution in [0.5, 0.6) is 0 Å². The van der Waals surface area contributed by atoms with Gasteiger partial charge in [0.15, 0.2) is 0 Å². The number of aliphatic hydroxyl groups is 3. The summed E-state index contributed by atoms with van der Waals surface area (Å²) in [6.07, 6.45) is 0.461. The lowest BCUT2D eigenvalue weighted by atomic mass is 10.1. The molecule has 2 rings (SSSR count). The maximum Gasteiger partial charge on any atom is 0.108 e. The molecule has 1 aromatic rings. The largest absolute Gasteiger partial charge is 0.390 e. The number of aromatic nitrogens is 2. The van der Waals surface area contributed by atoms with Crippen LogP contribution in [0.1, 0.15) is 30.8 Å². The summed E-state index contributed by atoms with van der Waals surface area (Å²) in [5, 5.41) is 29.1. The molecular weight excluding hydrogens is 232 g/mol. The normalized spacial score (nSPS) is 31.6. The summed E-state index contributed by atoms with van der Waals surface area (Å²) in [6.45, 7) is 9.41. The van der Waals surface area contributed by atoms with Crippen molar-refractivity contribution in [3.05, 3.63) is 30.9 Å². The highest BCUT2D eigenvalue weighted by Crippen LogP contribution is 2.33. The Morgan fingerprint density at radius 2 is 2.11 bits per heavy atom. The van der Waals surface area contributed by atoms with Crippen LogP contribution in [0.4, 0.5) is 0 Å². The van der Waals surface area contributed by atoms with E-state index in [-0.39, 0.29) is 6.42 Å². The van der Waals surface area contributed by atoms with Crippen LogP contribution in [0.3, 0.4) is 0 Å². The zero-order valence-corrected chi connectivity index (χ0v) is 10.3. The Kier molecular flexibility index (Phi) is 3.38. The van der Waals surface area contributed by atoms with E-state index in [2.05, 4.69) is 18.1 Å². The highest BCUT2D eigenvalue weighted by atomic mass is 16.4. The molecule has 3 N–H and O–H groups in total. The fourth-order valence-corrected chi connectivity index (χ4v) is 2.43. The van der Waals surface area contributed by atoms with Crippen molar-refractivity contribution in [2.75, 3.05) is 0 Å². The molecule has 0 bridgehead atoms. The molecule has 1 saturated carbocycles. The Hall–Kier alpha value is -1.43. The van der Waals surface area contributed by atoms with E-state index < -0.39 is 24.4 Å². The molecule has 4 unspecified atom stereocenters. The van der Waals surface area contributed by atoms with Gasteiger partial charge in [0.1, 0.15) is 12.2 Å². The summed E-state index contributed by atoms with van der Waals surface area (Å²) in [4.78, 5) is 4.23. The van der Waals surface area contributed by atoms with Gasteiger partial charge in [0.25, 0.3) is 0 Å². The van der Waals surface area contributed by atoms with Crippen molar-refractivity contribution in [3.63, 3.8) is 0 Å². The topological polar surface area (TPSA) is 78.5 Å². The molecule has 1 aromatic heterocycles. The van der Waals surface area contributed by atoms with E-state index in [0.717, 1.165) is 11.3 Å². The Balaban J connectivity index is 2.40. The summed E-state index contributed by atoms with van der Waals surface area (Å²) in [5.41, 5.74) is 2.26. The van der Waals surface area contributed by atoms with Crippen LogP contribution < -0.4 is 0 Å². The molecule has 0 amide bonds. The minimum absolute atomic E-state index is 0.287. The first-order valence-corrected chi connectivity index (χ1v) is 5.86. The smallest absolute Gasteiger partial charge is 0.108 e. The van der Waals surface area contributed by atoms with Crippen LogP contribution in [0, 0.1) is 0 Å². The fourth-order valence-electron chi connectivity index (χ4n) is 2.43. The van der Waals surface area contributed by atoms with E-state index in [4.69, 9.17) is 0 Å². The van der Waals surface area contributed by atoms with Gasteiger partial charge in [-0.2, -0.15) is 0 Å². The van der Waals surface area contributed by atoms with Crippen LogP contribution in [0.2, 0.25) is 0 Å². The van der Waals surface area contributed by atoms with Gasteiger partial charge in [-0.25, -0.2) is 4.98 Å². The maximum absolute atomic E-state index is 9.93. The number of hydrogen-bond donors (Lipinski definition) is 3. The second-order valence-corrected chi connectivity index (χ2v) is 4.72. The fraction of sp³-hybridized carbons (Fsp3) is 0.462. The van der Waals surface area contributed by atoms with Crippen molar-refractivity contribution >= 4 is 11.6 Å². The summed E-state index contributed by atoms with van der Waals surface area (Å²) in [5.74, 6) is 0. The lowest BCUT2D eigenvalue weighted by Crippen LogP contribution is -2.31. The average Bonchev–Trinajstić information content (AvgIpc) is 2.86. The van der Waals surface area contributed by atoms with Gasteiger partial charge in [-0.05, 0) is 25.0 Å². The molecule has 0 radical (unpaired) electrons. The van der Waals surface area contributed by atoms with Crippen LogP contribution >= 0.6 is 0 Å². The molecular formula is C13H18N2O3. The molecule has 1 aliphatic rings. The summed E-state index contributed by atoms with van der Waals surface area (Å²) in [7, 11) is 0. The third-order valence-corrected chi connectivity index (χ3v) is 3.41. The molecule has 1 heterocycles. The molecule has 18 heavy (non-hydrogen) atoms. The van der Waals surface area contributed by atoms with Gasteiger partial charge in [-0.1, -0.05) is 13.2 Å². The molecule has 1 fully saturated rings. The predicted octanol–water partition coefficient (Wildman–Crippen LogP) is 0.587. The molecule has 4 atom stereocenters. The number of imidazole rings is 1. The number of hydrogen-bond acceptors (Lipinski definition) is 4. The highest BCUT2D eigenvalue weighted by Gasteiger charge is 2.42. The molecule has 0 aliphatic heterocycles. The molecule has 0 saturated heterocycles. The minimum Gasteiger partial charge on any atom is -0.390 e. The highest BCUT2D eigenvalue weighted by molar-refractivity contribution is 5.66. The van der Waals surface area contributed by atoms with Crippen molar-refractivity contribution in [3.8, 4) is 0 Å². The van der Waals surface area contributed by atoms with Crippen LogP contribution in [-0.4, -0.2) is 43.2 Å². The third kappa shape index (κ3) is 1.90. The Morgan fingerprint density at radius 1 is 1.44 bits per heavy atom. The number of rotatable bonds is 3. The van der Waals surface area contributed by atoms with Gasteiger partial charge < -0.3 is 19.9 Å². The van der Waals surface area contributed by atoms with Crippen molar-refractivity contribution in [2.45, 2.75) is 37.7 Å². The molecule has 5 nitrogen and oxygen atoms in total. The minimum atomic E-state index is -1.12. The van der Waals surface area contributed by atoms with Gasteiger partial charge in [0.05, 0.1) is 29.9 Å². The van der Waals surface area contributed by atoms with Gasteiger partial charge in [-0.3, -0.25) is 0 Å². The Bertz CT molecular complexity index is 481. The first kappa shape index (κ1) is 13.0. The quantitative estimate of drug-likeness (QED) is 0.733. The second-order valence-electron chi connectivity index (χ2n) is 4.72.